The van der Waals surface area contributed by atoms with Crippen LogP contribution in [-0.4, -0.2) is 0 Å². The molecule has 2 rings (SSSR count). The minimum atomic E-state index is -0.476. The smallest absolute Gasteiger partial charge is 0.128 e. The van der Waals surface area contributed by atoms with Gasteiger partial charge in [-0.3, -0.25) is 0 Å². The number of hydrogen-bond donors (Lipinski definition) is 0. The van der Waals surface area contributed by atoms with Crippen LogP contribution in [0.4, 0.5) is 8.78 Å². The Morgan fingerprint density at radius 1 is 1.12 bits per heavy atom. The summed E-state index contributed by atoms with van der Waals surface area (Å²) in [6, 6.07) is 3.46. The predicted molar refractivity (Wildman–Crippen MR) is 66.0 cm³/mol. The third-order valence-electron chi connectivity index (χ3n) is 4.68. The van der Waals surface area contributed by atoms with Gasteiger partial charge >= 0.3 is 0 Å². The van der Waals surface area contributed by atoms with Gasteiger partial charge in [-0.05, 0) is 34.9 Å². The minimum absolute atomic E-state index is 0.0537. The van der Waals surface area contributed by atoms with E-state index >= 15 is 0 Å². The van der Waals surface area contributed by atoms with E-state index in [4.69, 9.17) is 11.6 Å². The van der Waals surface area contributed by atoms with Gasteiger partial charge in [-0.1, -0.05) is 27.7 Å². The Balaban J connectivity index is 2.34. The van der Waals surface area contributed by atoms with Gasteiger partial charge in [0.1, 0.15) is 11.6 Å². The van der Waals surface area contributed by atoms with E-state index in [0.717, 1.165) is 12.1 Å². The molecule has 1 atom stereocenters. The number of hydrogen-bond acceptors (Lipinski definition) is 0. The number of halogens is 3. The first-order valence-corrected chi connectivity index (χ1v) is 6.22. The fourth-order valence-corrected chi connectivity index (χ4v) is 3.68. The molecule has 0 bridgehead atoms. The third-order valence-corrected chi connectivity index (χ3v) is 5.17. The summed E-state index contributed by atoms with van der Waals surface area (Å²) in [5.41, 5.74) is 0.381. The van der Waals surface area contributed by atoms with Crippen LogP contribution in [0.15, 0.2) is 18.2 Å². The molecule has 0 amide bonds. The summed E-state index contributed by atoms with van der Waals surface area (Å²) in [7, 11) is 0. The van der Waals surface area contributed by atoms with Crippen molar-refractivity contribution >= 4 is 11.6 Å². The lowest BCUT2D eigenvalue weighted by molar-refractivity contribution is 0.457. The summed E-state index contributed by atoms with van der Waals surface area (Å²) >= 11 is 6.34. The lowest BCUT2D eigenvalue weighted by Crippen LogP contribution is -2.03. The van der Waals surface area contributed by atoms with E-state index < -0.39 is 17.0 Å². The van der Waals surface area contributed by atoms with Crippen LogP contribution in [0.2, 0.25) is 0 Å². The summed E-state index contributed by atoms with van der Waals surface area (Å²) in [4.78, 5) is 0. The van der Waals surface area contributed by atoms with Crippen LogP contribution < -0.4 is 0 Å². The van der Waals surface area contributed by atoms with E-state index in [1.54, 1.807) is 0 Å². The zero-order chi connectivity index (χ0) is 13.0. The lowest BCUT2D eigenvalue weighted by Gasteiger charge is -2.13. The van der Waals surface area contributed by atoms with Crippen molar-refractivity contribution in [3.05, 3.63) is 35.4 Å². The van der Waals surface area contributed by atoms with Gasteiger partial charge in [0.15, 0.2) is 0 Å². The first kappa shape index (κ1) is 12.8. The van der Waals surface area contributed by atoms with Crippen LogP contribution in [0.1, 0.15) is 38.6 Å². The highest BCUT2D eigenvalue weighted by atomic mass is 35.5. The van der Waals surface area contributed by atoms with Crippen LogP contribution in [0.3, 0.4) is 0 Å². The molecule has 0 radical (unpaired) electrons. The first-order valence-electron chi connectivity index (χ1n) is 5.78. The highest BCUT2D eigenvalue weighted by Gasteiger charge is 2.67. The second-order valence-corrected chi connectivity index (χ2v) is 6.46. The van der Waals surface area contributed by atoms with Crippen LogP contribution in [-0.2, 0) is 0 Å². The van der Waals surface area contributed by atoms with Gasteiger partial charge in [-0.25, -0.2) is 8.78 Å². The maximum absolute atomic E-state index is 13.7. The van der Waals surface area contributed by atoms with E-state index in [0.29, 0.717) is 0 Å². The van der Waals surface area contributed by atoms with Crippen LogP contribution in [0, 0.1) is 28.4 Å². The molecule has 0 heterocycles. The van der Waals surface area contributed by atoms with E-state index in [2.05, 4.69) is 27.7 Å². The molecule has 3 heteroatoms. The zero-order valence-electron chi connectivity index (χ0n) is 10.5. The Morgan fingerprint density at radius 2 is 1.65 bits per heavy atom. The van der Waals surface area contributed by atoms with Gasteiger partial charge in [0.2, 0.25) is 0 Å². The van der Waals surface area contributed by atoms with Crippen molar-refractivity contribution in [2.45, 2.75) is 33.1 Å². The molecule has 0 spiro atoms. The fraction of sp³-hybridized carbons (Fsp3) is 0.571. The summed E-state index contributed by atoms with van der Waals surface area (Å²) in [5.74, 6) is -0.707. The SMILES string of the molecule is CC1(C)C(C(Cl)c2cc(F)ccc2F)C1(C)C. The summed E-state index contributed by atoms with van der Waals surface area (Å²) in [5, 5.41) is -0.476. The second-order valence-electron chi connectivity index (χ2n) is 5.99. The molecule has 0 aromatic heterocycles. The molecule has 0 aliphatic heterocycles. The van der Waals surface area contributed by atoms with Gasteiger partial charge in [0.25, 0.3) is 0 Å². The first-order chi connectivity index (χ1) is 7.69. The molecule has 1 aromatic rings. The van der Waals surface area contributed by atoms with E-state index in [-0.39, 0.29) is 22.3 Å². The Morgan fingerprint density at radius 3 is 2.12 bits per heavy atom. The maximum atomic E-state index is 13.7. The quantitative estimate of drug-likeness (QED) is 0.660. The van der Waals surface area contributed by atoms with Crippen LogP contribution in [0.25, 0.3) is 0 Å². The van der Waals surface area contributed by atoms with Crippen molar-refractivity contribution in [3.8, 4) is 0 Å². The van der Waals surface area contributed by atoms with Gasteiger partial charge < -0.3 is 0 Å². The molecule has 1 aliphatic carbocycles. The molecule has 94 valence electrons. The monoisotopic (exact) mass is 258 g/mol. The van der Waals surface area contributed by atoms with Crippen molar-refractivity contribution in [1.82, 2.24) is 0 Å². The minimum Gasteiger partial charge on any atom is -0.207 e. The molecule has 1 aromatic carbocycles. The highest BCUT2D eigenvalue weighted by molar-refractivity contribution is 6.21. The Labute approximate surface area is 106 Å². The summed E-state index contributed by atoms with van der Waals surface area (Å²) < 4.78 is 26.8. The molecule has 1 aliphatic rings. The normalized spacial score (nSPS) is 23.5. The Bertz CT molecular complexity index is 438. The van der Waals surface area contributed by atoms with Gasteiger partial charge in [0, 0.05) is 5.56 Å². The highest BCUT2D eigenvalue weighted by Crippen LogP contribution is 2.73. The van der Waals surface area contributed by atoms with Crippen LogP contribution >= 0.6 is 11.6 Å². The summed E-state index contributed by atoms with van der Waals surface area (Å²) in [6.07, 6.45) is 0. The van der Waals surface area contributed by atoms with Crippen molar-refractivity contribution in [1.29, 1.82) is 0 Å². The average Bonchev–Trinajstić information content (AvgIpc) is 2.61. The third kappa shape index (κ3) is 1.77. The van der Waals surface area contributed by atoms with Crippen LogP contribution in [0.5, 0.6) is 0 Å². The van der Waals surface area contributed by atoms with E-state index in [1.165, 1.54) is 6.07 Å². The van der Waals surface area contributed by atoms with E-state index in [9.17, 15) is 8.78 Å². The van der Waals surface area contributed by atoms with Crippen molar-refractivity contribution in [3.63, 3.8) is 0 Å². The van der Waals surface area contributed by atoms with Crippen molar-refractivity contribution in [2.24, 2.45) is 16.7 Å². The molecule has 0 N–H and O–H groups in total. The zero-order valence-corrected chi connectivity index (χ0v) is 11.3. The molecular weight excluding hydrogens is 242 g/mol. The second kappa shape index (κ2) is 3.68. The standard InChI is InChI=1S/C14H17ClF2/c1-13(2)12(14(13,3)4)11(15)9-7-8(16)5-6-10(9)17/h5-7,11-12H,1-4H3. The number of alkyl halides is 1. The number of benzene rings is 1. The van der Waals surface area contributed by atoms with E-state index in [1.807, 2.05) is 0 Å². The Hall–Kier alpha value is -0.630. The molecule has 0 nitrogen and oxygen atoms in total. The fourth-order valence-electron chi connectivity index (χ4n) is 2.88. The predicted octanol–water partition coefficient (Wildman–Crippen LogP) is 4.93. The van der Waals surface area contributed by atoms with Gasteiger partial charge in [0.05, 0.1) is 5.38 Å². The van der Waals surface area contributed by atoms with Crippen molar-refractivity contribution in [2.75, 3.05) is 0 Å². The molecular formula is C14H17ClF2. The average molecular weight is 259 g/mol. The van der Waals surface area contributed by atoms with Gasteiger partial charge in [-0.15, -0.1) is 11.6 Å². The topological polar surface area (TPSA) is 0 Å². The molecule has 17 heavy (non-hydrogen) atoms. The molecule has 1 fully saturated rings. The molecule has 1 unspecified atom stereocenters. The Kier molecular flexibility index (Phi) is 2.77. The molecule has 0 saturated heterocycles. The largest absolute Gasteiger partial charge is 0.207 e. The summed E-state index contributed by atoms with van der Waals surface area (Å²) in [6.45, 7) is 8.46. The van der Waals surface area contributed by atoms with Crippen molar-refractivity contribution < 1.29 is 8.78 Å². The van der Waals surface area contributed by atoms with Gasteiger partial charge in [-0.2, -0.15) is 0 Å². The lowest BCUT2D eigenvalue weighted by atomic mass is 10.0. The number of rotatable bonds is 2. The maximum Gasteiger partial charge on any atom is 0.128 e. The molecule has 1 saturated carbocycles.